The van der Waals surface area contributed by atoms with E-state index in [1.54, 1.807) is 14.0 Å². The molecule has 1 aliphatic carbocycles. The summed E-state index contributed by atoms with van der Waals surface area (Å²) in [6, 6.07) is 8.34. The number of rotatable bonds is 7. The number of hydrogen-bond acceptors (Lipinski definition) is 3. The lowest BCUT2D eigenvalue weighted by atomic mass is 10.1. The summed E-state index contributed by atoms with van der Waals surface area (Å²) in [5.41, 5.74) is 2.49. The van der Waals surface area contributed by atoms with E-state index in [-0.39, 0.29) is 36.1 Å². The van der Waals surface area contributed by atoms with Crippen LogP contribution in [0.2, 0.25) is 0 Å². The monoisotopic (exact) mass is 460 g/mol. The van der Waals surface area contributed by atoms with Crippen molar-refractivity contribution in [1.82, 2.24) is 16.0 Å². The summed E-state index contributed by atoms with van der Waals surface area (Å²) < 4.78 is 4.98. The number of aliphatic imine (C=N–C) groups is 1. The molecule has 1 unspecified atom stereocenters. The molecule has 1 amide bonds. The van der Waals surface area contributed by atoms with E-state index in [2.05, 4.69) is 40.0 Å². The number of carbonyl (C=O) groups is 1. The van der Waals surface area contributed by atoms with Crippen LogP contribution in [0.5, 0.6) is 0 Å². The van der Waals surface area contributed by atoms with Gasteiger partial charge in [-0.2, -0.15) is 0 Å². The van der Waals surface area contributed by atoms with Gasteiger partial charge >= 0.3 is 6.09 Å². The van der Waals surface area contributed by atoms with E-state index in [9.17, 15) is 4.79 Å². The molecule has 25 heavy (non-hydrogen) atoms. The molecule has 0 saturated heterocycles. The van der Waals surface area contributed by atoms with Crippen molar-refractivity contribution in [3.63, 3.8) is 0 Å². The van der Waals surface area contributed by atoms with E-state index in [4.69, 9.17) is 4.74 Å². The standard InChI is InChI=1S/C18H28N4O2.HI/c1-4-24-18(23)22-16(14-9-10-14)12-21-17(19-3)20-11-15-8-6-5-7-13(15)2;/h5-8,14,16H,4,9-12H2,1-3H3,(H,22,23)(H2,19,20,21);1H. The minimum atomic E-state index is -0.348. The van der Waals surface area contributed by atoms with Crippen LogP contribution in [0.1, 0.15) is 30.9 Å². The molecule has 0 bridgehead atoms. The number of halogens is 1. The van der Waals surface area contributed by atoms with Gasteiger partial charge in [-0.25, -0.2) is 4.79 Å². The van der Waals surface area contributed by atoms with Crippen LogP contribution in [0.4, 0.5) is 4.79 Å². The van der Waals surface area contributed by atoms with Gasteiger partial charge in [0.05, 0.1) is 12.6 Å². The molecule has 1 fully saturated rings. The lowest BCUT2D eigenvalue weighted by Gasteiger charge is -2.20. The second kappa shape index (κ2) is 11.2. The molecular formula is C18H29IN4O2. The van der Waals surface area contributed by atoms with Crippen molar-refractivity contribution in [1.29, 1.82) is 0 Å². The van der Waals surface area contributed by atoms with Gasteiger partial charge in [0.2, 0.25) is 0 Å². The Morgan fingerprint density at radius 1 is 1.32 bits per heavy atom. The normalized spacial score (nSPS) is 14.9. The van der Waals surface area contributed by atoms with Crippen LogP contribution >= 0.6 is 24.0 Å². The topological polar surface area (TPSA) is 74.8 Å². The van der Waals surface area contributed by atoms with E-state index >= 15 is 0 Å². The Kier molecular flexibility index (Phi) is 9.62. The van der Waals surface area contributed by atoms with E-state index in [1.807, 2.05) is 12.1 Å². The van der Waals surface area contributed by atoms with Crippen LogP contribution in [0.3, 0.4) is 0 Å². The molecule has 1 aromatic carbocycles. The van der Waals surface area contributed by atoms with E-state index in [0.29, 0.717) is 25.6 Å². The number of aryl methyl sites for hydroxylation is 1. The van der Waals surface area contributed by atoms with Crippen LogP contribution in [0, 0.1) is 12.8 Å². The highest BCUT2D eigenvalue weighted by molar-refractivity contribution is 14.0. The summed E-state index contributed by atoms with van der Waals surface area (Å²) in [7, 11) is 1.75. The maximum Gasteiger partial charge on any atom is 0.407 e. The van der Waals surface area contributed by atoms with Gasteiger partial charge in [-0.05, 0) is 43.7 Å². The number of guanidine groups is 1. The zero-order valence-electron chi connectivity index (χ0n) is 15.2. The summed E-state index contributed by atoms with van der Waals surface area (Å²) in [4.78, 5) is 15.9. The Labute approximate surface area is 167 Å². The number of alkyl carbamates (subject to hydrolysis) is 1. The third kappa shape index (κ3) is 7.50. The molecule has 1 aliphatic rings. The number of nitrogens with one attached hydrogen (secondary N) is 3. The fourth-order valence-electron chi connectivity index (χ4n) is 2.57. The Morgan fingerprint density at radius 2 is 2.04 bits per heavy atom. The van der Waals surface area contributed by atoms with Gasteiger partial charge in [0.25, 0.3) is 0 Å². The average molecular weight is 460 g/mol. The number of carbonyl (C=O) groups excluding carboxylic acids is 1. The zero-order valence-corrected chi connectivity index (χ0v) is 17.5. The minimum absolute atomic E-state index is 0. The van der Waals surface area contributed by atoms with Gasteiger partial charge < -0.3 is 20.7 Å². The Bertz CT molecular complexity index is 576. The molecular weight excluding hydrogens is 431 g/mol. The molecule has 0 spiro atoms. The predicted molar refractivity (Wildman–Crippen MR) is 111 cm³/mol. The molecule has 7 heteroatoms. The van der Waals surface area contributed by atoms with Crippen molar-refractivity contribution >= 4 is 36.0 Å². The first-order valence-electron chi connectivity index (χ1n) is 8.56. The number of nitrogens with zero attached hydrogens (tertiary/aromatic N) is 1. The molecule has 1 saturated carbocycles. The first-order chi connectivity index (χ1) is 11.6. The van der Waals surface area contributed by atoms with Crippen LogP contribution in [0.25, 0.3) is 0 Å². The van der Waals surface area contributed by atoms with Gasteiger partial charge in [0.1, 0.15) is 0 Å². The summed E-state index contributed by atoms with van der Waals surface area (Å²) in [6.45, 7) is 5.64. The minimum Gasteiger partial charge on any atom is -0.450 e. The predicted octanol–water partition coefficient (Wildman–Crippen LogP) is 2.80. The number of ether oxygens (including phenoxy) is 1. The van der Waals surface area contributed by atoms with Crippen LogP contribution in [-0.2, 0) is 11.3 Å². The maximum atomic E-state index is 11.6. The average Bonchev–Trinajstić information content (AvgIpc) is 3.40. The van der Waals surface area contributed by atoms with E-state index in [0.717, 1.165) is 18.8 Å². The van der Waals surface area contributed by atoms with Gasteiger partial charge in [-0.3, -0.25) is 4.99 Å². The molecule has 0 aromatic heterocycles. The highest BCUT2D eigenvalue weighted by atomic mass is 127. The van der Waals surface area contributed by atoms with Crippen molar-refractivity contribution in [2.24, 2.45) is 10.9 Å². The largest absolute Gasteiger partial charge is 0.450 e. The van der Waals surface area contributed by atoms with Crippen LogP contribution in [-0.4, -0.2) is 38.3 Å². The first kappa shape index (κ1) is 21.5. The van der Waals surface area contributed by atoms with Crippen LogP contribution in [0.15, 0.2) is 29.3 Å². The molecule has 1 aromatic rings. The SMILES string of the molecule is CCOC(=O)NC(CNC(=NC)NCc1ccccc1C)C1CC1.I. The summed E-state index contributed by atoms with van der Waals surface area (Å²) in [6.07, 6.45) is 1.95. The molecule has 140 valence electrons. The third-order valence-corrected chi connectivity index (χ3v) is 4.19. The summed E-state index contributed by atoms with van der Waals surface area (Å²) in [5, 5.41) is 9.55. The van der Waals surface area contributed by atoms with Gasteiger partial charge in [-0.1, -0.05) is 24.3 Å². The highest BCUT2D eigenvalue weighted by Crippen LogP contribution is 2.32. The number of hydrogen-bond donors (Lipinski definition) is 3. The maximum absolute atomic E-state index is 11.6. The zero-order chi connectivity index (χ0) is 17.4. The number of benzene rings is 1. The number of amides is 1. The second-order valence-corrected chi connectivity index (χ2v) is 6.04. The molecule has 1 atom stereocenters. The molecule has 0 heterocycles. The smallest absolute Gasteiger partial charge is 0.407 e. The van der Waals surface area contributed by atoms with E-state index < -0.39 is 0 Å². The van der Waals surface area contributed by atoms with Crippen molar-refractivity contribution in [2.45, 2.75) is 39.3 Å². The molecule has 0 radical (unpaired) electrons. The quantitative estimate of drug-likeness (QED) is 0.333. The summed E-state index contributed by atoms with van der Waals surface area (Å²) >= 11 is 0. The van der Waals surface area contributed by atoms with Crippen molar-refractivity contribution in [3.05, 3.63) is 35.4 Å². The van der Waals surface area contributed by atoms with Crippen molar-refractivity contribution in [3.8, 4) is 0 Å². The first-order valence-corrected chi connectivity index (χ1v) is 8.56. The van der Waals surface area contributed by atoms with Gasteiger partial charge in [0, 0.05) is 20.1 Å². The third-order valence-electron chi connectivity index (χ3n) is 4.19. The fraction of sp³-hybridized carbons (Fsp3) is 0.556. The van der Waals surface area contributed by atoms with Crippen molar-refractivity contribution < 1.29 is 9.53 Å². The Balaban J connectivity index is 0.00000312. The van der Waals surface area contributed by atoms with E-state index in [1.165, 1.54) is 11.1 Å². The summed E-state index contributed by atoms with van der Waals surface area (Å²) in [5.74, 6) is 1.26. The molecule has 3 N–H and O–H groups in total. The Morgan fingerprint density at radius 3 is 2.64 bits per heavy atom. The van der Waals surface area contributed by atoms with Gasteiger partial charge in [0.15, 0.2) is 5.96 Å². The second-order valence-electron chi connectivity index (χ2n) is 6.04. The van der Waals surface area contributed by atoms with Crippen LogP contribution < -0.4 is 16.0 Å². The molecule has 2 rings (SSSR count). The fourth-order valence-corrected chi connectivity index (χ4v) is 2.57. The molecule has 6 nitrogen and oxygen atoms in total. The van der Waals surface area contributed by atoms with Gasteiger partial charge in [-0.15, -0.1) is 24.0 Å². The molecule has 0 aliphatic heterocycles. The lowest BCUT2D eigenvalue weighted by Crippen LogP contribution is -2.48. The Hall–Kier alpha value is -1.51. The highest BCUT2D eigenvalue weighted by Gasteiger charge is 2.32. The lowest BCUT2D eigenvalue weighted by molar-refractivity contribution is 0.146. The van der Waals surface area contributed by atoms with Crippen molar-refractivity contribution in [2.75, 3.05) is 20.2 Å².